The minimum absolute atomic E-state index is 0.0791. The van der Waals surface area contributed by atoms with Crippen molar-refractivity contribution in [1.29, 1.82) is 0 Å². The molecule has 25 heavy (non-hydrogen) atoms. The van der Waals surface area contributed by atoms with Crippen LogP contribution in [0, 0.1) is 6.92 Å². The molecule has 3 aromatic heterocycles. The number of morpholine rings is 1. The molecule has 9 heteroatoms. The average Bonchev–Trinajstić information content (AvgIpc) is 3.15. The molecule has 0 spiro atoms. The van der Waals surface area contributed by atoms with Gasteiger partial charge in [-0.05, 0) is 26.0 Å². The zero-order chi connectivity index (χ0) is 17.4. The molecule has 0 aromatic carbocycles. The molecule has 0 bridgehead atoms. The highest BCUT2D eigenvalue weighted by molar-refractivity contribution is 5.67. The minimum Gasteiger partial charge on any atom is -0.406 e. The third-order valence-corrected chi connectivity index (χ3v) is 4.43. The number of aryl methyl sites for hydroxylation is 1. The van der Waals surface area contributed by atoms with E-state index in [-0.39, 0.29) is 12.1 Å². The number of aromatic nitrogens is 4. The molecule has 1 saturated heterocycles. The SMILES string of the molecule is Cc1noc([C@@H]2[C@@H](C)OCCN2CCn2c(=O)oc3cccnc32)n1. The van der Waals surface area contributed by atoms with E-state index in [2.05, 4.69) is 20.0 Å². The number of nitrogens with zero attached hydrogens (tertiary/aromatic N) is 5. The molecule has 1 aliphatic heterocycles. The molecule has 1 fully saturated rings. The lowest BCUT2D eigenvalue weighted by Crippen LogP contribution is -2.45. The van der Waals surface area contributed by atoms with Gasteiger partial charge in [0.2, 0.25) is 5.89 Å². The quantitative estimate of drug-likeness (QED) is 0.694. The van der Waals surface area contributed by atoms with Gasteiger partial charge in [-0.25, -0.2) is 9.78 Å². The number of oxazole rings is 1. The second kappa shape index (κ2) is 6.41. The van der Waals surface area contributed by atoms with Crippen LogP contribution in [0.15, 0.2) is 32.1 Å². The van der Waals surface area contributed by atoms with E-state index < -0.39 is 5.76 Å². The van der Waals surface area contributed by atoms with E-state index in [0.717, 1.165) is 0 Å². The van der Waals surface area contributed by atoms with Crippen LogP contribution in [-0.2, 0) is 11.3 Å². The van der Waals surface area contributed by atoms with Crippen LogP contribution in [0.4, 0.5) is 0 Å². The zero-order valence-electron chi connectivity index (χ0n) is 14.1. The number of fused-ring (bicyclic) bond motifs is 1. The van der Waals surface area contributed by atoms with Gasteiger partial charge in [-0.3, -0.25) is 9.47 Å². The second-order valence-electron chi connectivity index (χ2n) is 6.08. The third-order valence-electron chi connectivity index (χ3n) is 4.43. The lowest BCUT2D eigenvalue weighted by Gasteiger charge is -2.37. The Morgan fingerprint density at radius 2 is 2.24 bits per heavy atom. The summed E-state index contributed by atoms with van der Waals surface area (Å²) >= 11 is 0. The van der Waals surface area contributed by atoms with Crippen LogP contribution in [0.1, 0.15) is 24.7 Å². The van der Waals surface area contributed by atoms with Crippen LogP contribution in [-0.4, -0.2) is 50.4 Å². The molecule has 0 aliphatic carbocycles. The maximum atomic E-state index is 12.1. The molecular formula is C16H19N5O4. The number of pyridine rings is 1. The summed E-state index contributed by atoms with van der Waals surface area (Å²) in [6.45, 7) is 6.18. The van der Waals surface area contributed by atoms with Crippen molar-refractivity contribution in [3.05, 3.63) is 40.6 Å². The molecule has 0 N–H and O–H groups in total. The molecule has 2 atom stereocenters. The average molecular weight is 345 g/mol. The van der Waals surface area contributed by atoms with Crippen molar-refractivity contribution in [2.24, 2.45) is 0 Å². The van der Waals surface area contributed by atoms with Crippen LogP contribution in [0.5, 0.6) is 0 Å². The molecule has 9 nitrogen and oxygen atoms in total. The van der Waals surface area contributed by atoms with Crippen LogP contribution in [0.3, 0.4) is 0 Å². The van der Waals surface area contributed by atoms with Gasteiger partial charge in [0.1, 0.15) is 6.04 Å². The Labute approximate surface area is 143 Å². The predicted molar refractivity (Wildman–Crippen MR) is 87.0 cm³/mol. The van der Waals surface area contributed by atoms with Crippen LogP contribution in [0.25, 0.3) is 11.2 Å². The van der Waals surface area contributed by atoms with Crippen LogP contribution < -0.4 is 5.76 Å². The fourth-order valence-corrected chi connectivity index (χ4v) is 3.25. The van der Waals surface area contributed by atoms with Gasteiger partial charge >= 0.3 is 5.76 Å². The first kappa shape index (κ1) is 16.0. The van der Waals surface area contributed by atoms with Crippen molar-refractivity contribution >= 4 is 11.2 Å². The van der Waals surface area contributed by atoms with Crippen molar-refractivity contribution in [3.63, 3.8) is 0 Å². The summed E-state index contributed by atoms with van der Waals surface area (Å²) in [7, 11) is 0. The lowest BCUT2D eigenvalue weighted by molar-refractivity contribution is -0.0737. The van der Waals surface area contributed by atoms with Crippen molar-refractivity contribution in [3.8, 4) is 0 Å². The number of rotatable bonds is 4. The molecule has 3 aromatic rings. The Kier molecular flexibility index (Phi) is 4.10. The molecule has 4 heterocycles. The minimum atomic E-state index is -0.403. The van der Waals surface area contributed by atoms with Crippen molar-refractivity contribution in [1.82, 2.24) is 24.6 Å². The van der Waals surface area contributed by atoms with Gasteiger partial charge < -0.3 is 13.7 Å². The summed E-state index contributed by atoms with van der Waals surface area (Å²) in [6, 6.07) is 3.34. The van der Waals surface area contributed by atoms with Gasteiger partial charge in [0.25, 0.3) is 0 Å². The Morgan fingerprint density at radius 1 is 1.36 bits per heavy atom. The Morgan fingerprint density at radius 3 is 3.04 bits per heavy atom. The van der Waals surface area contributed by atoms with Gasteiger partial charge in [0.05, 0.1) is 12.7 Å². The first-order chi connectivity index (χ1) is 12.1. The monoisotopic (exact) mass is 345 g/mol. The highest BCUT2D eigenvalue weighted by Crippen LogP contribution is 2.28. The normalized spacial score (nSPS) is 21.8. The van der Waals surface area contributed by atoms with Gasteiger partial charge in [0.15, 0.2) is 17.1 Å². The van der Waals surface area contributed by atoms with E-state index in [1.807, 2.05) is 6.92 Å². The highest BCUT2D eigenvalue weighted by Gasteiger charge is 2.34. The smallest absolute Gasteiger partial charge is 0.406 e. The third kappa shape index (κ3) is 2.96. The Balaban J connectivity index is 1.57. The maximum Gasteiger partial charge on any atom is 0.421 e. The Hall–Kier alpha value is -2.52. The maximum absolute atomic E-state index is 12.1. The standard InChI is InChI=1S/C16H19N5O4/c1-10-13(15-18-11(2)19-25-15)20(8-9-23-10)6-7-21-14-12(24-16(21)22)4-3-5-17-14/h3-5,10,13H,6-9H2,1-2H3/t10-,13+/m1/s1. The molecule has 1 aliphatic rings. The topological polar surface area (TPSA) is 99.4 Å². The first-order valence-electron chi connectivity index (χ1n) is 8.23. The summed E-state index contributed by atoms with van der Waals surface area (Å²) in [5.74, 6) is 0.724. The van der Waals surface area contributed by atoms with Gasteiger partial charge in [0, 0.05) is 25.8 Å². The largest absolute Gasteiger partial charge is 0.421 e. The van der Waals surface area contributed by atoms with E-state index in [0.29, 0.717) is 49.2 Å². The molecule has 0 unspecified atom stereocenters. The van der Waals surface area contributed by atoms with Crippen molar-refractivity contribution in [2.45, 2.75) is 32.5 Å². The summed E-state index contributed by atoms with van der Waals surface area (Å²) in [5, 5.41) is 3.88. The Bertz CT molecular complexity index is 930. The fraction of sp³-hybridized carbons (Fsp3) is 0.500. The molecular weight excluding hydrogens is 326 g/mol. The van der Waals surface area contributed by atoms with E-state index in [9.17, 15) is 4.79 Å². The molecule has 4 rings (SSSR count). The predicted octanol–water partition coefficient (Wildman–Crippen LogP) is 1.14. The fourth-order valence-electron chi connectivity index (χ4n) is 3.25. The molecule has 0 radical (unpaired) electrons. The van der Waals surface area contributed by atoms with Gasteiger partial charge in [-0.1, -0.05) is 5.16 Å². The van der Waals surface area contributed by atoms with E-state index in [1.54, 1.807) is 29.8 Å². The van der Waals surface area contributed by atoms with Crippen molar-refractivity contribution in [2.75, 3.05) is 19.7 Å². The van der Waals surface area contributed by atoms with Gasteiger partial charge in [-0.15, -0.1) is 0 Å². The lowest BCUT2D eigenvalue weighted by atomic mass is 10.1. The summed E-state index contributed by atoms with van der Waals surface area (Å²) < 4.78 is 17.9. The van der Waals surface area contributed by atoms with Crippen LogP contribution in [0.2, 0.25) is 0 Å². The van der Waals surface area contributed by atoms with E-state index in [4.69, 9.17) is 13.7 Å². The summed E-state index contributed by atoms with van der Waals surface area (Å²) in [5.41, 5.74) is 1.05. The summed E-state index contributed by atoms with van der Waals surface area (Å²) in [4.78, 5) is 22.9. The van der Waals surface area contributed by atoms with E-state index in [1.165, 1.54) is 0 Å². The second-order valence-corrected chi connectivity index (χ2v) is 6.08. The first-order valence-corrected chi connectivity index (χ1v) is 8.23. The molecule has 0 saturated carbocycles. The number of ether oxygens (including phenoxy) is 1. The van der Waals surface area contributed by atoms with Crippen LogP contribution >= 0.6 is 0 Å². The van der Waals surface area contributed by atoms with Gasteiger partial charge in [-0.2, -0.15) is 4.98 Å². The molecule has 132 valence electrons. The zero-order valence-corrected chi connectivity index (χ0v) is 14.1. The molecule has 0 amide bonds. The van der Waals surface area contributed by atoms with Crippen molar-refractivity contribution < 1.29 is 13.7 Å². The van der Waals surface area contributed by atoms with E-state index >= 15 is 0 Å². The number of hydrogen-bond donors (Lipinski definition) is 0. The summed E-state index contributed by atoms with van der Waals surface area (Å²) in [6.07, 6.45) is 1.57. The number of hydrogen-bond acceptors (Lipinski definition) is 8. The highest BCUT2D eigenvalue weighted by atomic mass is 16.5.